The second-order valence-corrected chi connectivity index (χ2v) is 14.3. The molecule has 2 heterocycles. The number of benzene rings is 6. The first kappa shape index (κ1) is 36.2. The molecule has 6 aromatic carbocycles. The first-order valence-electron chi connectivity index (χ1n) is 18.6. The molecule has 0 saturated heterocycles. The summed E-state index contributed by atoms with van der Waals surface area (Å²) in [5, 5.41) is 7.19. The molecule has 8 rings (SSSR count). The van der Waals surface area contributed by atoms with E-state index >= 15 is 0 Å². The third-order valence-electron chi connectivity index (χ3n) is 10.2. The number of hydrogen-bond acceptors (Lipinski definition) is 6. The standard InChI is InChI=1S/2C24H23NO2/c2*1-17(2)27-23(26)24(19-13-7-4-8-14-19)20-15-9-10-16-21(20)25-22(24)18-11-5-3-6-12-18/h2*3-17,22,25H,1-2H3/t2*22-,24+/m10/s1. The van der Waals surface area contributed by atoms with Gasteiger partial charge in [0.2, 0.25) is 0 Å². The Bertz CT molecular complexity index is 2030. The Morgan fingerprint density at radius 3 is 1.07 bits per heavy atom. The normalized spacial score (nSPS) is 20.8. The maximum Gasteiger partial charge on any atom is 0.323 e. The van der Waals surface area contributed by atoms with E-state index in [-0.39, 0.29) is 36.2 Å². The molecule has 6 heteroatoms. The molecule has 54 heavy (non-hydrogen) atoms. The Kier molecular flexibility index (Phi) is 10.4. The smallest absolute Gasteiger partial charge is 0.323 e. The second kappa shape index (κ2) is 15.5. The third-order valence-corrected chi connectivity index (χ3v) is 10.2. The van der Waals surface area contributed by atoms with E-state index in [1.807, 2.05) is 173 Å². The fourth-order valence-electron chi connectivity index (χ4n) is 8.05. The predicted octanol–water partition coefficient (Wildman–Crippen LogP) is 10.2. The summed E-state index contributed by atoms with van der Waals surface area (Å²) in [4.78, 5) is 27.3. The van der Waals surface area contributed by atoms with Gasteiger partial charge in [0.15, 0.2) is 0 Å². The van der Waals surface area contributed by atoms with E-state index in [1.165, 1.54) is 0 Å². The van der Waals surface area contributed by atoms with Crippen molar-refractivity contribution in [1.82, 2.24) is 0 Å². The molecule has 272 valence electrons. The van der Waals surface area contributed by atoms with Crippen LogP contribution in [-0.2, 0) is 29.9 Å². The van der Waals surface area contributed by atoms with Crippen molar-refractivity contribution < 1.29 is 19.1 Å². The minimum absolute atomic E-state index is 0.192. The van der Waals surface area contributed by atoms with Gasteiger partial charge in [-0.1, -0.05) is 158 Å². The summed E-state index contributed by atoms with van der Waals surface area (Å²) in [5.41, 5.74) is 5.94. The summed E-state index contributed by atoms with van der Waals surface area (Å²) in [5.74, 6) is -0.454. The third kappa shape index (κ3) is 6.42. The second-order valence-electron chi connectivity index (χ2n) is 14.3. The van der Waals surface area contributed by atoms with E-state index in [0.29, 0.717) is 0 Å². The summed E-state index contributed by atoms with van der Waals surface area (Å²) < 4.78 is 11.6. The molecule has 0 fully saturated rings. The molecule has 2 aliphatic heterocycles. The number of esters is 2. The zero-order valence-electron chi connectivity index (χ0n) is 31.1. The highest BCUT2D eigenvalue weighted by Crippen LogP contribution is 2.55. The van der Waals surface area contributed by atoms with Gasteiger partial charge in [-0.15, -0.1) is 0 Å². The van der Waals surface area contributed by atoms with Gasteiger partial charge in [0.1, 0.15) is 10.8 Å². The van der Waals surface area contributed by atoms with Crippen LogP contribution in [0.2, 0.25) is 0 Å². The van der Waals surface area contributed by atoms with Gasteiger partial charge in [-0.3, -0.25) is 9.59 Å². The number of carbonyl (C=O) groups excluding carboxylic acids is 2. The number of hydrogen-bond donors (Lipinski definition) is 2. The maximum absolute atomic E-state index is 13.7. The first-order chi connectivity index (χ1) is 26.3. The van der Waals surface area contributed by atoms with Crippen molar-refractivity contribution in [3.8, 4) is 0 Å². The largest absolute Gasteiger partial charge is 0.462 e. The molecule has 2 aliphatic rings. The Morgan fingerprint density at radius 2 is 0.741 bits per heavy atom. The minimum atomic E-state index is -0.941. The number of para-hydroxylation sites is 2. The van der Waals surface area contributed by atoms with Crippen molar-refractivity contribution in [1.29, 1.82) is 0 Å². The van der Waals surface area contributed by atoms with Gasteiger partial charge < -0.3 is 20.1 Å². The van der Waals surface area contributed by atoms with E-state index in [9.17, 15) is 9.59 Å². The predicted molar refractivity (Wildman–Crippen MR) is 215 cm³/mol. The summed E-state index contributed by atoms with van der Waals surface area (Å²) in [7, 11) is 0. The van der Waals surface area contributed by atoms with Crippen LogP contribution in [0.4, 0.5) is 11.4 Å². The Labute approximate surface area is 318 Å². The molecule has 6 nitrogen and oxygen atoms in total. The van der Waals surface area contributed by atoms with E-state index in [0.717, 1.165) is 44.8 Å². The molecule has 0 aromatic heterocycles. The molecule has 0 amide bonds. The van der Waals surface area contributed by atoms with Crippen LogP contribution in [-0.4, -0.2) is 24.1 Å². The van der Waals surface area contributed by atoms with Crippen molar-refractivity contribution in [2.75, 3.05) is 10.6 Å². The fraction of sp³-hybridized carbons (Fsp3) is 0.208. The van der Waals surface area contributed by atoms with Crippen molar-refractivity contribution in [3.63, 3.8) is 0 Å². The lowest BCUT2D eigenvalue weighted by Crippen LogP contribution is -2.43. The van der Waals surface area contributed by atoms with Gasteiger partial charge in [-0.25, -0.2) is 0 Å². The maximum atomic E-state index is 13.7. The summed E-state index contributed by atoms with van der Waals surface area (Å²) in [6, 6.07) is 55.7. The van der Waals surface area contributed by atoms with Gasteiger partial charge in [0.25, 0.3) is 0 Å². The van der Waals surface area contributed by atoms with Crippen LogP contribution in [0.3, 0.4) is 0 Å². The molecule has 2 N–H and O–H groups in total. The lowest BCUT2D eigenvalue weighted by Gasteiger charge is -2.35. The fourth-order valence-corrected chi connectivity index (χ4v) is 8.05. The Balaban J connectivity index is 0.000000167. The van der Waals surface area contributed by atoms with Gasteiger partial charge in [0, 0.05) is 11.4 Å². The van der Waals surface area contributed by atoms with E-state index in [1.54, 1.807) is 0 Å². The monoisotopic (exact) mass is 714 g/mol. The van der Waals surface area contributed by atoms with Crippen LogP contribution >= 0.6 is 0 Å². The van der Waals surface area contributed by atoms with Gasteiger partial charge in [-0.05, 0) is 73.2 Å². The first-order valence-corrected chi connectivity index (χ1v) is 18.6. The molecule has 4 atom stereocenters. The Hall–Kier alpha value is -6.14. The number of rotatable bonds is 8. The van der Waals surface area contributed by atoms with Crippen LogP contribution < -0.4 is 10.6 Å². The number of nitrogens with one attached hydrogen (secondary N) is 2. The molecule has 0 aliphatic carbocycles. The van der Waals surface area contributed by atoms with Crippen LogP contribution in [0, 0.1) is 0 Å². The van der Waals surface area contributed by atoms with Crippen LogP contribution in [0.5, 0.6) is 0 Å². The van der Waals surface area contributed by atoms with Crippen molar-refractivity contribution in [2.24, 2.45) is 0 Å². The molecule has 0 spiro atoms. The van der Waals surface area contributed by atoms with E-state index in [2.05, 4.69) is 34.9 Å². The number of carbonyl (C=O) groups is 2. The lowest BCUT2D eigenvalue weighted by molar-refractivity contribution is -0.154. The van der Waals surface area contributed by atoms with Gasteiger partial charge in [-0.2, -0.15) is 0 Å². The highest BCUT2D eigenvalue weighted by atomic mass is 16.5. The Morgan fingerprint density at radius 1 is 0.444 bits per heavy atom. The van der Waals surface area contributed by atoms with E-state index < -0.39 is 10.8 Å². The van der Waals surface area contributed by atoms with Gasteiger partial charge in [0.05, 0.1) is 24.3 Å². The highest BCUT2D eigenvalue weighted by molar-refractivity contribution is 5.95. The molecular weight excluding hydrogens is 669 g/mol. The molecular formula is C48H46N2O4. The number of ether oxygens (including phenoxy) is 2. The van der Waals surface area contributed by atoms with Crippen LogP contribution in [0.1, 0.15) is 73.2 Å². The zero-order valence-corrected chi connectivity index (χ0v) is 31.1. The topological polar surface area (TPSA) is 76.7 Å². The van der Waals surface area contributed by atoms with Crippen molar-refractivity contribution in [2.45, 2.75) is 62.8 Å². The SMILES string of the molecule is CC(C)OC(=O)[C@@]1(c2ccccc2)c2ccccc2N[C@@H]1c1ccccc1.CC(C)OC(=O)[C@]1(c2ccccc2)c2ccccc2N[C@H]1c1ccccc1. The van der Waals surface area contributed by atoms with E-state index in [4.69, 9.17) is 9.47 Å². The summed E-state index contributed by atoms with van der Waals surface area (Å²) in [6.45, 7) is 7.57. The molecule has 0 bridgehead atoms. The number of anilines is 2. The summed E-state index contributed by atoms with van der Waals surface area (Å²) in [6.07, 6.45) is -0.385. The zero-order chi connectivity index (χ0) is 37.7. The average Bonchev–Trinajstić information content (AvgIpc) is 3.74. The van der Waals surface area contributed by atoms with Crippen molar-refractivity contribution >= 4 is 23.3 Å². The molecule has 0 unspecified atom stereocenters. The quantitative estimate of drug-likeness (QED) is 0.153. The molecule has 0 radical (unpaired) electrons. The van der Waals surface area contributed by atoms with Gasteiger partial charge >= 0.3 is 11.9 Å². The molecule has 0 saturated carbocycles. The van der Waals surface area contributed by atoms with Crippen LogP contribution in [0.15, 0.2) is 170 Å². The number of fused-ring (bicyclic) bond motifs is 2. The summed E-state index contributed by atoms with van der Waals surface area (Å²) >= 11 is 0. The highest BCUT2D eigenvalue weighted by Gasteiger charge is 2.57. The average molecular weight is 715 g/mol. The molecule has 6 aromatic rings. The minimum Gasteiger partial charge on any atom is -0.462 e. The van der Waals surface area contributed by atoms with Crippen LogP contribution in [0.25, 0.3) is 0 Å². The lowest BCUT2D eigenvalue weighted by atomic mass is 9.69. The van der Waals surface area contributed by atoms with Crippen molar-refractivity contribution in [3.05, 3.63) is 203 Å².